The molecule has 1 N–H and O–H groups in total. The number of carbonyl (C=O) groups excluding carboxylic acids is 1. The van der Waals surface area contributed by atoms with Crippen LogP contribution in [0.2, 0.25) is 0 Å². The molecule has 6 heteroatoms. The van der Waals surface area contributed by atoms with Gasteiger partial charge >= 0.3 is 0 Å². The number of anilines is 1. The molecule has 0 saturated carbocycles. The highest BCUT2D eigenvalue weighted by molar-refractivity contribution is 5.92. The van der Waals surface area contributed by atoms with Crippen molar-refractivity contribution in [1.29, 1.82) is 0 Å². The highest BCUT2D eigenvalue weighted by atomic mass is 16.1. The molecule has 2 aromatic heterocycles. The van der Waals surface area contributed by atoms with Crippen LogP contribution < -0.4 is 10.2 Å². The number of rotatable bonds is 4. The van der Waals surface area contributed by atoms with Crippen molar-refractivity contribution in [3.8, 4) is 0 Å². The average Bonchev–Trinajstić information content (AvgIpc) is 2.61. The van der Waals surface area contributed by atoms with E-state index in [2.05, 4.69) is 25.2 Å². The first-order valence-electron chi connectivity index (χ1n) is 8.00. The molecule has 1 fully saturated rings. The summed E-state index contributed by atoms with van der Waals surface area (Å²) in [5.74, 6) is 1.30. The standard InChI is InChI=1S/C17H21N5O/c1-13-20-15(11-16(21-13)22-9-3-2-4-10-22)17(23)19-12-14-5-7-18-8-6-14/h5-8,11H,2-4,9-10,12H2,1H3,(H,19,23). The fourth-order valence-electron chi connectivity index (χ4n) is 2.73. The van der Waals surface area contributed by atoms with E-state index in [1.54, 1.807) is 18.5 Å². The largest absolute Gasteiger partial charge is 0.356 e. The molecule has 1 aliphatic heterocycles. The van der Waals surface area contributed by atoms with Crippen LogP contribution in [0, 0.1) is 6.92 Å². The maximum absolute atomic E-state index is 12.4. The van der Waals surface area contributed by atoms with Gasteiger partial charge in [0, 0.05) is 38.1 Å². The SMILES string of the molecule is Cc1nc(C(=O)NCc2ccncc2)cc(N2CCCCC2)n1. The molecule has 3 heterocycles. The van der Waals surface area contributed by atoms with Gasteiger partial charge in [0.15, 0.2) is 0 Å². The van der Waals surface area contributed by atoms with Gasteiger partial charge in [-0.15, -0.1) is 0 Å². The van der Waals surface area contributed by atoms with Crippen molar-refractivity contribution >= 4 is 11.7 Å². The molecule has 6 nitrogen and oxygen atoms in total. The summed E-state index contributed by atoms with van der Waals surface area (Å²) in [5.41, 5.74) is 1.43. The number of pyridine rings is 1. The van der Waals surface area contributed by atoms with E-state index in [1.807, 2.05) is 19.1 Å². The van der Waals surface area contributed by atoms with Gasteiger partial charge in [0.1, 0.15) is 17.3 Å². The van der Waals surface area contributed by atoms with Gasteiger partial charge in [0.25, 0.3) is 5.91 Å². The summed E-state index contributed by atoms with van der Waals surface area (Å²) in [4.78, 5) is 27.3. The molecule has 0 radical (unpaired) electrons. The smallest absolute Gasteiger partial charge is 0.270 e. The summed E-state index contributed by atoms with van der Waals surface area (Å²) in [5, 5.41) is 2.90. The average molecular weight is 311 g/mol. The Hall–Kier alpha value is -2.50. The minimum atomic E-state index is -0.175. The van der Waals surface area contributed by atoms with Gasteiger partial charge in [-0.05, 0) is 43.9 Å². The Kier molecular flexibility index (Phi) is 4.80. The van der Waals surface area contributed by atoms with Gasteiger partial charge in [-0.3, -0.25) is 9.78 Å². The van der Waals surface area contributed by atoms with Crippen molar-refractivity contribution in [1.82, 2.24) is 20.3 Å². The molecule has 0 spiro atoms. The quantitative estimate of drug-likeness (QED) is 0.936. The van der Waals surface area contributed by atoms with Crippen LogP contribution in [-0.4, -0.2) is 33.9 Å². The predicted octanol–water partition coefficient (Wildman–Crippen LogP) is 2.10. The minimum Gasteiger partial charge on any atom is -0.356 e. The van der Waals surface area contributed by atoms with Crippen LogP contribution in [0.25, 0.3) is 0 Å². The highest BCUT2D eigenvalue weighted by Gasteiger charge is 2.16. The zero-order valence-electron chi connectivity index (χ0n) is 13.3. The molecule has 0 aromatic carbocycles. The third kappa shape index (κ3) is 4.03. The molecule has 2 aromatic rings. The summed E-state index contributed by atoms with van der Waals surface area (Å²) in [7, 11) is 0. The summed E-state index contributed by atoms with van der Waals surface area (Å²) >= 11 is 0. The number of hydrogen-bond donors (Lipinski definition) is 1. The Bertz CT molecular complexity index is 668. The molecule has 23 heavy (non-hydrogen) atoms. The van der Waals surface area contributed by atoms with Crippen LogP contribution in [0.4, 0.5) is 5.82 Å². The third-order valence-corrected chi connectivity index (χ3v) is 3.94. The number of aromatic nitrogens is 3. The second-order valence-corrected chi connectivity index (χ2v) is 5.74. The van der Waals surface area contributed by atoms with Crippen molar-refractivity contribution in [2.24, 2.45) is 0 Å². The van der Waals surface area contributed by atoms with Gasteiger partial charge in [-0.2, -0.15) is 0 Å². The Labute approximate surface area is 136 Å². The molecule has 0 atom stereocenters. The zero-order valence-corrected chi connectivity index (χ0v) is 13.3. The Morgan fingerprint density at radius 3 is 2.65 bits per heavy atom. The van der Waals surface area contributed by atoms with Crippen molar-refractivity contribution in [3.63, 3.8) is 0 Å². The number of hydrogen-bond acceptors (Lipinski definition) is 5. The van der Waals surface area contributed by atoms with Gasteiger partial charge in [-0.1, -0.05) is 0 Å². The van der Waals surface area contributed by atoms with E-state index in [9.17, 15) is 4.79 Å². The minimum absolute atomic E-state index is 0.175. The van der Waals surface area contributed by atoms with Gasteiger partial charge in [-0.25, -0.2) is 9.97 Å². The maximum atomic E-state index is 12.4. The molecular formula is C17H21N5O. The first-order chi connectivity index (χ1) is 11.2. The highest BCUT2D eigenvalue weighted by Crippen LogP contribution is 2.18. The van der Waals surface area contributed by atoms with Crippen LogP contribution in [0.5, 0.6) is 0 Å². The molecule has 3 rings (SSSR count). The van der Waals surface area contributed by atoms with E-state index in [1.165, 1.54) is 19.3 Å². The van der Waals surface area contributed by atoms with Crippen LogP contribution in [0.15, 0.2) is 30.6 Å². The molecular weight excluding hydrogens is 290 g/mol. The monoisotopic (exact) mass is 311 g/mol. The molecule has 1 saturated heterocycles. The van der Waals surface area contributed by atoms with E-state index in [-0.39, 0.29) is 5.91 Å². The Balaban J connectivity index is 1.71. The lowest BCUT2D eigenvalue weighted by atomic mass is 10.1. The van der Waals surface area contributed by atoms with Crippen molar-refractivity contribution in [2.45, 2.75) is 32.7 Å². The normalized spacial score (nSPS) is 14.6. The van der Waals surface area contributed by atoms with Crippen molar-refractivity contribution < 1.29 is 4.79 Å². The zero-order chi connectivity index (χ0) is 16.1. The number of nitrogens with zero attached hydrogens (tertiary/aromatic N) is 4. The number of nitrogens with one attached hydrogen (secondary N) is 1. The number of amides is 1. The summed E-state index contributed by atoms with van der Waals surface area (Å²) in [6.45, 7) is 4.28. The summed E-state index contributed by atoms with van der Waals surface area (Å²) in [6, 6.07) is 5.55. The molecule has 1 aliphatic rings. The number of carbonyl (C=O) groups is 1. The van der Waals surface area contributed by atoms with E-state index in [0.29, 0.717) is 18.1 Å². The lowest BCUT2D eigenvalue weighted by molar-refractivity contribution is 0.0945. The summed E-state index contributed by atoms with van der Waals surface area (Å²) in [6.07, 6.45) is 7.04. The van der Waals surface area contributed by atoms with Crippen LogP contribution in [0.1, 0.15) is 41.1 Å². The molecule has 0 unspecified atom stereocenters. The van der Waals surface area contributed by atoms with Crippen LogP contribution in [-0.2, 0) is 6.54 Å². The Morgan fingerprint density at radius 2 is 1.91 bits per heavy atom. The maximum Gasteiger partial charge on any atom is 0.270 e. The number of piperidine rings is 1. The van der Waals surface area contributed by atoms with Crippen LogP contribution >= 0.6 is 0 Å². The molecule has 0 bridgehead atoms. The lowest BCUT2D eigenvalue weighted by Gasteiger charge is -2.28. The van der Waals surface area contributed by atoms with Crippen molar-refractivity contribution in [2.75, 3.05) is 18.0 Å². The van der Waals surface area contributed by atoms with Gasteiger partial charge in [0.05, 0.1) is 0 Å². The van der Waals surface area contributed by atoms with E-state index in [4.69, 9.17) is 0 Å². The first-order valence-corrected chi connectivity index (χ1v) is 8.00. The molecule has 120 valence electrons. The number of aryl methyl sites for hydroxylation is 1. The van der Waals surface area contributed by atoms with Gasteiger partial charge in [0.2, 0.25) is 0 Å². The predicted molar refractivity (Wildman–Crippen MR) is 88.2 cm³/mol. The van der Waals surface area contributed by atoms with Gasteiger partial charge < -0.3 is 10.2 Å². The van der Waals surface area contributed by atoms with Crippen molar-refractivity contribution in [3.05, 3.63) is 47.7 Å². The second kappa shape index (κ2) is 7.17. The molecule has 0 aliphatic carbocycles. The van der Waals surface area contributed by atoms with Crippen LogP contribution in [0.3, 0.4) is 0 Å². The first kappa shape index (κ1) is 15.4. The third-order valence-electron chi connectivity index (χ3n) is 3.94. The van der Waals surface area contributed by atoms with E-state index < -0.39 is 0 Å². The molecule has 1 amide bonds. The summed E-state index contributed by atoms with van der Waals surface area (Å²) < 4.78 is 0. The fourth-order valence-corrected chi connectivity index (χ4v) is 2.73. The lowest BCUT2D eigenvalue weighted by Crippen LogP contribution is -2.31. The topological polar surface area (TPSA) is 71.0 Å². The second-order valence-electron chi connectivity index (χ2n) is 5.74. The fraction of sp³-hybridized carbons (Fsp3) is 0.412. The Morgan fingerprint density at radius 1 is 1.17 bits per heavy atom. The van der Waals surface area contributed by atoms with E-state index in [0.717, 1.165) is 24.5 Å². The van der Waals surface area contributed by atoms with E-state index >= 15 is 0 Å².